The number of rotatable bonds is 5. The summed E-state index contributed by atoms with van der Waals surface area (Å²) in [6.07, 6.45) is 2.51. The highest BCUT2D eigenvalue weighted by Crippen LogP contribution is 2.28. The zero-order chi connectivity index (χ0) is 16.4. The van der Waals surface area contributed by atoms with Crippen LogP contribution in [0, 0.1) is 6.92 Å². The summed E-state index contributed by atoms with van der Waals surface area (Å²) in [6.45, 7) is 7.10. The van der Waals surface area contributed by atoms with Crippen LogP contribution < -0.4 is 10.1 Å². The molecule has 2 heterocycles. The van der Waals surface area contributed by atoms with Crippen LogP contribution in [0.5, 0.6) is 5.75 Å². The molecule has 0 radical (unpaired) electrons. The molecule has 1 aliphatic rings. The molecule has 23 heavy (non-hydrogen) atoms. The Morgan fingerprint density at radius 2 is 2.13 bits per heavy atom. The Hall–Kier alpha value is -2.01. The number of carbonyl (C=O) groups excluding carboxylic acids is 1. The molecule has 1 aliphatic heterocycles. The molecule has 3 rings (SSSR count). The smallest absolute Gasteiger partial charge is 0.287 e. The minimum absolute atomic E-state index is 0.0998. The molecule has 0 saturated carbocycles. The van der Waals surface area contributed by atoms with Gasteiger partial charge in [-0.05, 0) is 51.9 Å². The lowest BCUT2D eigenvalue weighted by atomic mass is 10.1. The number of hydrogen-bond acceptors (Lipinski definition) is 4. The van der Waals surface area contributed by atoms with Crippen molar-refractivity contribution in [2.75, 3.05) is 26.7 Å². The summed E-state index contributed by atoms with van der Waals surface area (Å²) in [5.74, 6) is 0.964. The lowest BCUT2D eigenvalue weighted by Gasteiger charge is -2.20. The molecule has 124 valence electrons. The average molecular weight is 316 g/mol. The van der Waals surface area contributed by atoms with Gasteiger partial charge in [0.25, 0.3) is 5.91 Å². The van der Waals surface area contributed by atoms with E-state index in [9.17, 15) is 4.79 Å². The van der Waals surface area contributed by atoms with E-state index in [4.69, 9.17) is 9.15 Å². The fourth-order valence-electron chi connectivity index (χ4n) is 3.24. The molecule has 1 aromatic heterocycles. The zero-order valence-corrected chi connectivity index (χ0v) is 14.0. The number of methoxy groups -OCH3 is 1. The topological polar surface area (TPSA) is 54.7 Å². The second-order valence-electron chi connectivity index (χ2n) is 6.30. The maximum Gasteiger partial charge on any atom is 0.287 e. The van der Waals surface area contributed by atoms with Gasteiger partial charge in [0.2, 0.25) is 0 Å². The van der Waals surface area contributed by atoms with Crippen LogP contribution in [0.2, 0.25) is 0 Å². The molecule has 1 N–H and O–H groups in total. The number of carbonyl (C=O) groups is 1. The average Bonchev–Trinajstić information content (AvgIpc) is 3.15. The minimum Gasteiger partial charge on any atom is -0.497 e. The number of furan rings is 1. The molecule has 0 bridgehead atoms. The third kappa shape index (κ3) is 3.34. The predicted octanol–water partition coefficient (Wildman–Crippen LogP) is 2.96. The van der Waals surface area contributed by atoms with Gasteiger partial charge in [-0.15, -0.1) is 0 Å². The maximum atomic E-state index is 12.5. The largest absolute Gasteiger partial charge is 0.497 e. The van der Waals surface area contributed by atoms with Crippen molar-refractivity contribution in [1.82, 2.24) is 10.2 Å². The van der Waals surface area contributed by atoms with Crippen molar-refractivity contribution in [1.29, 1.82) is 0 Å². The maximum absolute atomic E-state index is 12.5. The second-order valence-corrected chi connectivity index (χ2v) is 6.30. The van der Waals surface area contributed by atoms with E-state index in [1.165, 1.54) is 12.8 Å². The van der Waals surface area contributed by atoms with Crippen LogP contribution in [0.4, 0.5) is 0 Å². The van der Waals surface area contributed by atoms with Gasteiger partial charge in [-0.1, -0.05) is 0 Å². The van der Waals surface area contributed by atoms with Gasteiger partial charge in [0, 0.05) is 29.6 Å². The summed E-state index contributed by atoms with van der Waals surface area (Å²) in [5.41, 5.74) is 1.55. The Morgan fingerprint density at radius 1 is 1.39 bits per heavy atom. The molecule has 0 unspecified atom stereocenters. The fraction of sp³-hybridized carbons (Fsp3) is 0.500. The summed E-state index contributed by atoms with van der Waals surface area (Å²) in [7, 11) is 1.62. The van der Waals surface area contributed by atoms with Crippen LogP contribution in [0.15, 0.2) is 22.6 Å². The zero-order valence-electron chi connectivity index (χ0n) is 14.0. The molecule has 5 heteroatoms. The highest BCUT2D eigenvalue weighted by molar-refractivity contribution is 5.99. The van der Waals surface area contributed by atoms with Gasteiger partial charge in [0.15, 0.2) is 5.76 Å². The third-order valence-electron chi connectivity index (χ3n) is 4.46. The number of nitrogens with zero attached hydrogens (tertiary/aromatic N) is 1. The van der Waals surface area contributed by atoms with Crippen LogP contribution >= 0.6 is 0 Å². The molecule has 1 saturated heterocycles. The van der Waals surface area contributed by atoms with Gasteiger partial charge < -0.3 is 19.4 Å². The first-order valence-corrected chi connectivity index (χ1v) is 8.19. The van der Waals surface area contributed by atoms with E-state index < -0.39 is 0 Å². The molecular formula is C18H24N2O3. The van der Waals surface area contributed by atoms with Crippen molar-refractivity contribution in [2.24, 2.45) is 0 Å². The molecular weight excluding hydrogens is 292 g/mol. The molecule has 2 aromatic rings. The Balaban J connectivity index is 1.73. The van der Waals surface area contributed by atoms with E-state index in [0.29, 0.717) is 11.3 Å². The van der Waals surface area contributed by atoms with E-state index >= 15 is 0 Å². The van der Waals surface area contributed by atoms with Gasteiger partial charge in [-0.3, -0.25) is 4.79 Å². The number of benzene rings is 1. The van der Waals surface area contributed by atoms with Gasteiger partial charge in [0.1, 0.15) is 11.3 Å². The molecule has 1 fully saturated rings. The monoisotopic (exact) mass is 316 g/mol. The number of fused-ring (bicyclic) bond motifs is 1. The molecule has 1 amide bonds. The summed E-state index contributed by atoms with van der Waals surface area (Å²) >= 11 is 0. The number of ether oxygens (including phenoxy) is 1. The van der Waals surface area contributed by atoms with Crippen molar-refractivity contribution in [3.05, 3.63) is 29.5 Å². The Morgan fingerprint density at radius 3 is 2.83 bits per heavy atom. The lowest BCUT2D eigenvalue weighted by molar-refractivity contribution is 0.0905. The van der Waals surface area contributed by atoms with Gasteiger partial charge in [0.05, 0.1) is 7.11 Å². The van der Waals surface area contributed by atoms with E-state index in [2.05, 4.69) is 10.2 Å². The number of aryl methyl sites for hydroxylation is 1. The molecule has 5 nitrogen and oxygen atoms in total. The molecule has 0 aliphatic carbocycles. The number of amides is 1. The van der Waals surface area contributed by atoms with Crippen molar-refractivity contribution in [3.63, 3.8) is 0 Å². The van der Waals surface area contributed by atoms with Crippen molar-refractivity contribution >= 4 is 16.9 Å². The summed E-state index contributed by atoms with van der Waals surface area (Å²) in [6, 6.07) is 5.72. The standard InChI is InChI=1S/C18H24N2O3/c1-12(11-20-8-4-5-9-20)19-18(21)17-13(2)15-7-6-14(22-3)10-16(15)23-17/h6-7,10,12H,4-5,8-9,11H2,1-3H3,(H,19,21)/t12-/m1/s1. The van der Waals surface area contributed by atoms with Crippen LogP contribution in [0.3, 0.4) is 0 Å². The number of hydrogen-bond donors (Lipinski definition) is 1. The van der Waals surface area contributed by atoms with Crippen molar-refractivity contribution in [2.45, 2.75) is 32.7 Å². The Kier molecular flexibility index (Phi) is 4.57. The first kappa shape index (κ1) is 15.9. The minimum atomic E-state index is -0.149. The summed E-state index contributed by atoms with van der Waals surface area (Å²) in [4.78, 5) is 14.9. The fourth-order valence-corrected chi connectivity index (χ4v) is 3.24. The van der Waals surface area contributed by atoms with E-state index in [-0.39, 0.29) is 11.9 Å². The van der Waals surface area contributed by atoms with Gasteiger partial charge in [-0.25, -0.2) is 0 Å². The lowest BCUT2D eigenvalue weighted by Crippen LogP contribution is -2.41. The molecule has 1 aromatic carbocycles. The highest BCUT2D eigenvalue weighted by Gasteiger charge is 2.21. The van der Waals surface area contributed by atoms with Crippen LogP contribution in [0.1, 0.15) is 35.9 Å². The number of nitrogens with one attached hydrogen (secondary N) is 1. The first-order valence-electron chi connectivity index (χ1n) is 8.19. The van der Waals surface area contributed by atoms with Crippen LogP contribution in [-0.4, -0.2) is 43.6 Å². The van der Waals surface area contributed by atoms with Gasteiger partial charge in [-0.2, -0.15) is 0 Å². The predicted molar refractivity (Wildman–Crippen MR) is 90.1 cm³/mol. The normalized spacial score (nSPS) is 16.7. The number of likely N-dealkylation sites (tertiary alicyclic amines) is 1. The molecule has 0 spiro atoms. The van der Waals surface area contributed by atoms with Gasteiger partial charge >= 0.3 is 0 Å². The third-order valence-corrected chi connectivity index (χ3v) is 4.46. The Labute approximate surface area is 136 Å². The summed E-state index contributed by atoms with van der Waals surface area (Å²) in [5, 5.41) is 4.00. The SMILES string of the molecule is COc1ccc2c(C)c(C(=O)N[C@H](C)CN3CCCC3)oc2c1. The van der Waals surface area contributed by atoms with Crippen molar-refractivity contribution < 1.29 is 13.9 Å². The molecule has 1 atom stereocenters. The van der Waals surface area contributed by atoms with Crippen LogP contribution in [0.25, 0.3) is 11.0 Å². The summed E-state index contributed by atoms with van der Waals surface area (Å²) < 4.78 is 11.0. The van der Waals surface area contributed by atoms with E-state index in [1.54, 1.807) is 7.11 Å². The van der Waals surface area contributed by atoms with E-state index in [1.807, 2.05) is 32.0 Å². The van der Waals surface area contributed by atoms with Crippen LogP contribution in [-0.2, 0) is 0 Å². The first-order chi connectivity index (χ1) is 11.1. The van der Waals surface area contributed by atoms with E-state index in [0.717, 1.165) is 36.3 Å². The second kappa shape index (κ2) is 6.62. The Bertz CT molecular complexity index is 702. The quantitative estimate of drug-likeness (QED) is 0.921. The highest BCUT2D eigenvalue weighted by atomic mass is 16.5. The van der Waals surface area contributed by atoms with Crippen molar-refractivity contribution in [3.8, 4) is 5.75 Å².